The van der Waals surface area contributed by atoms with E-state index < -0.39 is 28.6 Å². The molecule has 0 heterocycles. The van der Waals surface area contributed by atoms with E-state index in [0.29, 0.717) is 19.3 Å². The molecule has 0 amide bonds. The van der Waals surface area contributed by atoms with E-state index in [2.05, 4.69) is 0 Å². The van der Waals surface area contributed by atoms with Gasteiger partial charge in [0.05, 0.1) is 0 Å². The number of aldehydes is 1. The molecular formula is C19H32O5. The number of carbonyl (C=O) groups is 3. The van der Waals surface area contributed by atoms with Gasteiger partial charge < -0.3 is 14.3 Å². The van der Waals surface area contributed by atoms with Crippen LogP contribution in [0.5, 0.6) is 0 Å². The molecule has 5 heteroatoms. The maximum absolute atomic E-state index is 12.9. The summed E-state index contributed by atoms with van der Waals surface area (Å²) >= 11 is 0. The summed E-state index contributed by atoms with van der Waals surface area (Å²) in [6.45, 7) is 12.6. The highest BCUT2D eigenvalue weighted by atomic mass is 16.6. The average Bonchev–Trinajstić information content (AvgIpc) is 2.54. The van der Waals surface area contributed by atoms with Crippen LogP contribution in [0.15, 0.2) is 0 Å². The Balaban J connectivity index is 3.22. The Bertz CT molecular complexity index is 453. The van der Waals surface area contributed by atoms with Crippen molar-refractivity contribution in [3.63, 3.8) is 0 Å². The van der Waals surface area contributed by atoms with Gasteiger partial charge in [-0.3, -0.25) is 9.59 Å². The zero-order chi connectivity index (χ0) is 18.8. The molecule has 1 rings (SSSR count). The van der Waals surface area contributed by atoms with Crippen molar-refractivity contribution in [2.24, 2.45) is 17.3 Å². The van der Waals surface area contributed by atoms with Crippen LogP contribution < -0.4 is 0 Å². The fraction of sp³-hybridized carbons (Fsp3) is 0.842. The van der Waals surface area contributed by atoms with Gasteiger partial charge in [0, 0.05) is 5.92 Å². The molecule has 0 radical (unpaired) electrons. The molecule has 0 aromatic carbocycles. The molecule has 0 N–H and O–H groups in total. The topological polar surface area (TPSA) is 69.7 Å². The number of rotatable bonds is 3. The minimum atomic E-state index is -1.34. The van der Waals surface area contributed by atoms with E-state index in [1.54, 1.807) is 41.5 Å². The number of esters is 2. The van der Waals surface area contributed by atoms with Crippen molar-refractivity contribution < 1.29 is 23.9 Å². The van der Waals surface area contributed by atoms with Crippen LogP contribution in [-0.4, -0.2) is 29.4 Å². The van der Waals surface area contributed by atoms with Gasteiger partial charge in [-0.25, -0.2) is 0 Å². The zero-order valence-corrected chi connectivity index (χ0v) is 16.1. The molecule has 0 saturated heterocycles. The predicted octanol–water partition coefficient (Wildman–Crippen LogP) is 3.68. The van der Waals surface area contributed by atoms with Crippen molar-refractivity contribution in [2.75, 3.05) is 0 Å². The highest BCUT2D eigenvalue weighted by Gasteiger charge is 2.52. The standard InChI is InChI=1S/C19H32O5/c1-13-10-14(12-20)8-9-19(11-13,15(21)23-17(2,3)4)16(22)24-18(5,6)7/h12-14H,8-11H2,1-7H3/t13-,14+/m1/s1. The van der Waals surface area contributed by atoms with Gasteiger partial charge in [0.2, 0.25) is 0 Å². The van der Waals surface area contributed by atoms with Gasteiger partial charge in [-0.05, 0) is 73.1 Å². The summed E-state index contributed by atoms with van der Waals surface area (Å²) in [5.41, 5.74) is -2.71. The molecule has 0 aromatic heterocycles. The number of hydrogen-bond acceptors (Lipinski definition) is 5. The van der Waals surface area contributed by atoms with Crippen molar-refractivity contribution in [3.05, 3.63) is 0 Å². The van der Waals surface area contributed by atoms with E-state index in [4.69, 9.17) is 9.47 Å². The maximum atomic E-state index is 12.9. The monoisotopic (exact) mass is 340 g/mol. The molecular weight excluding hydrogens is 308 g/mol. The van der Waals surface area contributed by atoms with E-state index in [-0.39, 0.29) is 18.3 Å². The Labute approximate surface area is 145 Å². The van der Waals surface area contributed by atoms with Crippen molar-refractivity contribution >= 4 is 18.2 Å². The number of ether oxygens (including phenoxy) is 2. The van der Waals surface area contributed by atoms with Crippen LogP contribution in [0.1, 0.15) is 74.1 Å². The van der Waals surface area contributed by atoms with Gasteiger partial charge in [-0.15, -0.1) is 0 Å². The molecule has 0 spiro atoms. The lowest BCUT2D eigenvalue weighted by Gasteiger charge is -2.35. The lowest BCUT2D eigenvalue weighted by atomic mass is 9.77. The van der Waals surface area contributed by atoms with Gasteiger partial charge in [-0.2, -0.15) is 0 Å². The normalized spacial score (nSPS) is 24.6. The van der Waals surface area contributed by atoms with Crippen molar-refractivity contribution in [3.8, 4) is 0 Å². The Kier molecular flexibility index (Phi) is 6.23. The summed E-state index contributed by atoms with van der Waals surface area (Å²) in [5.74, 6) is -1.15. The fourth-order valence-corrected chi connectivity index (χ4v) is 3.18. The number of hydrogen-bond donors (Lipinski definition) is 0. The van der Waals surface area contributed by atoms with E-state index in [9.17, 15) is 14.4 Å². The van der Waals surface area contributed by atoms with Crippen LogP contribution in [0.4, 0.5) is 0 Å². The van der Waals surface area contributed by atoms with Crippen molar-refractivity contribution in [1.29, 1.82) is 0 Å². The first-order valence-corrected chi connectivity index (χ1v) is 8.71. The van der Waals surface area contributed by atoms with Crippen LogP contribution in [0, 0.1) is 17.3 Å². The van der Waals surface area contributed by atoms with Gasteiger partial charge >= 0.3 is 11.9 Å². The van der Waals surface area contributed by atoms with Crippen LogP contribution in [0.25, 0.3) is 0 Å². The van der Waals surface area contributed by atoms with E-state index in [1.807, 2.05) is 6.92 Å². The molecule has 1 fully saturated rings. The summed E-state index contributed by atoms with van der Waals surface area (Å²) in [4.78, 5) is 37.1. The summed E-state index contributed by atoms with van der Waals surface area (Å²) < 4.78 is 11.1. The van der Waals surface area contributed by atoms with Gasteiger partial charge in [0.15, 0.2) is 5.41 Å². The second kappa shape index (κ2) is 7.24. The highest BCUT2D eigenvalue weighted by molar-refractivity contribution is 6.00. The third-order valence-electron chi connectivity index (χ3n) is 4.12. The lowest BCUT2D eigenvalue weighted by Crippen LogP contribution is -2.47. The molecule has 2 atom stereocenters. The molecule has 138 valence electrons. The average molecular weight is 340 g/mol. The minimum absolute atomic E-state index is 0.0581. The Morgan fingerprint density at radius 3 is 1.83 bits per heavy atom. The van der Waals surface area contributed by atoms with Crippen LogP contribution in [0.3, 0.4) is 0 Å². The fourth-order valence-electron chi connectivity index (χ4n) is 3.18. The smallest absolute Gasteiger partial charge is 0.324 e. The SMILES string of the molecule is C[C@@H]1C[C@@H](C=O)CCC(C(=O)OC(C)(C)C)(C(=O)OC(C)(C)C)C1. The summed E-state index contributed by atoms with van der Waals surface area (Å²) in [5, 5.41) is 0. The molecule has 24 heavy (non-hydrogen) atoms. The Hall–Kier alpha value is -1.39. The Morgan fingerprint density at radius 1 is 1.00 bits per heavy atom. The molecule has 0 bridgehead atoms. The van der Waals surface area contributed by atoms with Gasteiger partial charge in [0.25, 0.3) is 0 Å². The van der Waals surface area contributed by atoms with Gasteiger partial charge in [0.1, 0.15) is 17.5 Å². The third-order valence-corrected chi connectivity index (χ3v) is 4.12. The quantitative estimate of drug-likeness (QED) is 0.339. The first kappa shape index (κ1) is 20.7. The van der Waals surface area contributed by atoms with E-state index in [1.165, 1.54) is 0 Å². The van der Waals surface area contributed by atoms with Crippen molar-refractivity contribution in [2.45, 2.75) is 85.4 Å². The maximum Gasteiger partial charge on any atom is 0.324 e. The van der Waals surface area contributed by atoms with Gasteiger partial charge in [-0.1, -0.05) is 6.92 Å². The molecule has 0 aliphatic heterocycles. The summed E-state index contributed by atoms with van der Waals surface area (Å²) in [6, 6.07) is 0. The van der Waals surface area contributed by atoms with Crippen LogP contribution in [0.2, 0.25) is 0 Å². The molecule has 1 saturated carbocycles. The second-order valence-corrected chi connectivity index (χ2v) is 9.07. The highest BCUT2D eigenvalue weighted by Crippen LogP contribution is 2.43. The van der Waals surface area contributed by atoms with Crippen molar-refractivity contribution in [1.82, 2.24) is 0 Å². The molecule has 0 unspecified atom stereocenters. The largest absolute Gasteiger partial charge is 0.459 e. The van der Waals surface area contributed by atoms with E-state index in [0.717, 1.165) is 6.29 Å². The molecule has 1 aliphatic rings. The first-order valence-electron chi connectivity index (χ1n) is 8.71. The van der Waals surface area contributed by atoms with E-state index >= 15 is 0 Å². The molecule has 0 aromatic rings. The summed E-state index contributed by atoms with van der Waals surface area (Å²) in [6.07, 6.45) is 2.73. The zero-order valence-electron chi connectivity index (χ0n) is 16.1. The van der Waals surface area contributed by atoms with Crippen LogP contribution >= 0.6 is 0 Å². The Morgan fingerprint density at radius 2 is 1.46 bits per heavy atom. The minimum Gasteiger partial charge on any atom is -0.459 e. The third kappa shape index (κ3) is 5.60. The second-order valence-electron chi connectivity index (χ2n) is 9.07. The lowest BCUT2D eigenvalue weighted by molar-refractivity contribution is -0.187. The first-order chi connectivity index (χ1) is 10.8. The predicted molar refractivity (Wildman–Crippen MR) is 91.3 cm³/mol. The molecule has 1 aliphatic carbocycles. The van der Waals surface area contributed by atoms with Crippen LogP contribution in [-0.2, 0) is 23.9 Å². The summed E-state index contributed by atoms with van der Waals surface area (Å²) in [7, 11) is 0. The molecule has 5 nitrogen and oxygen atoms in total. The number of carbonyl (C=O) groups excluding carboxylic acids is 3.